The molecule has 0 fully saturated rings. The third kappa shape index (κ3) is 4.32. The number of carboxylic acid groups (broad SMARTS) is 1. The minimum atomic E-state index is -1.18. The van der Waals surface area contributed by atoms with Crippen molar-refractivity contribution in [1.29, 1.82) is 0 Å². The maximum Gasteiger partial charge on any atom is 0.343 e. The van der Waals surface area contributed by atoms with Crippen molar-refractivity contribution in [2.45, 2.75) is 13.8 Å². The summed E-state index contributed by atoms with van der Waals surface area (Å²) in [5, 5.41) is 11.6. The molecule has 0 saturated heterocycles. The van der Waals surface area contributed by atoms with Crippen LogP contribution in [0.1, 0.15) is 24.2 Å². The second-order valence-corrected chi connectivity index (χ2v) is 4.33. The molecule has 0 radical (unpaired) electrons. The minimum Gasteiger partial charge on any atom is -0.478 e. The Kier molecular flexibility index (Phi) is 5.92. The van der Waals surface area contributed by atoms with Gasteiger partial charge in [0.25, 0.3) is 0 Å². The van der Waals surface area contributed by atoms with E-state index in [2.05, 4.69) is 5.32 Å². The van der Waals surface area contributed by atoms with Gasteiger partial charge in [0.15, 0.2) is 5.78 Å². The zero-order chi connectivity index (χ0) is 16.0. The minimum absolute atomic E-state index is 0.0204. The lowest BCUT2D eigenvalue weighted by Crippen LogP contribution is -2.15. The van der Waals surface area contributed by atoms with Crippen LogP contribution in [0.15, 0.2) is 30.0 Å². The lowest BCUT2D eigenvalue weighted by atomic mass is 10.2. The smallest absolute Gasteiger partial charge is 0.343 e. The van der Waals surface area contributed by atoms with E-state index in [0.29, 0.717) is 0 Å². The number of carboxylic acids is 1. The molecule has 0 amide bonds. The van der Waals surface area contributed by atoms with Crippen LogP contribution in [0.5, 0.6) is 0 Å². The fourth-order valence-corrected chi connectivity index (χ4v) is 1.73. The molecule has 0 unspecified atom stereocenters. The Morgan fingerprint density at radius 2 is 2.05 bits per heavy atom. The number of ether oxygens (including phenoxy) is 1. The molecule has 0 atom stereocenters. The summed E-state index contributed by atoms with van der Waals surface area (Å²) >= 11 is 5.93. The van der Waals surface area contributed by atoms with Crippen LogP contribution in [0.4, 0.5) is 5.69 Å². The first-order valence-electron chi connectivity index (χ1n) is 6.05. The largest absolute Gasteiger partial charge is 0.478 e. The predicted octanol–water partition coefficient (Wildman–Crippen LogP) is 2.49. The molecule has 0 aliphatic rings. The van der Waals surface area contributed by atoms with E-state index in [1.807, 2.05) is 0 Å². The molecule has 1 aromatic carbocycles. The van der Waals surface area contributed by atoms with Gasteiger partial charge in [-0.05, 0) is 26.0 Å². The number of Topliss-reactive ketones (excluding diaryl/α,β-unsaturated/α-hetero) is 1. The number of ketones is 1. The second kappa shape index (κ2) is 7.44. The van der Waals surface area contributed by atoms with E-state index in [4.69, 9.17) is 21.4 Å². The van der Waals surface area contributed by atoms with Crippen LogP contribution >= 0.6 is 11.6 Å². The normalized spacial score (nSPS) is 10.9. The Morgan fingerprint density at radius 1 is 1.38 bits per heavy atom. The molecular formula is C14H14ClNO5. The summed E-state index contributed by atoms with van der Waals surface area (Å²) in [6, 6.07) is 4.36. The van der Waals surface area contributed by atoms with Crippen molar-refractivity contribution in [3.63, 3.8) is 0 Å². The highest BCUT2D eigenvalue weighted by Crippen LogP contribution is 2.26. The van der Waals surface area contributed by atoms with Crippen molar-refractivity contribution in [2.24, 2.45) is 0 Å². The van der Waals surface area contributed by atoms with Crippen LogP contribution in [0.3, 0.4) is 0 Å². The monoisotopic (exact) mass is 311 g/mol. The number of rotatable bonds is 6. The molecule has 0 spiro atoms. The Morgan fingerprint density at radius 3 is 2.57 bits per heavy atom. The Hall–Kier alpha value is -2.34. The van der Waals surface area contributed by atoms with Gasteiger partial charge in [-0.1, -0.05) is 17.7 Å². The van der Waals surface area contributed by atoms with Gasteiger partial charge in [-0.25, -0.2) is 9.59 Å². The highest BCUT2D eigenvalue weighted by molar-refractivity contribution is 6.36. The summed E-state index contributed by atoms with van der Waals surface area (Å²) in [5.74, 6) is -2.42. The number of hydrogen-bond acceptors (Lipinski definition) is 5. The van der Waals surface area contributed by atoms with Crippen LogP contribution in [0, 0.1) is 0 Å². The zero-order valence-corrected chi connectivity index (χ0v) is 12.2. The topological polar surface area (TPSA) is 92.7 Å². The van der Waals surface area contributed by atoms with Gasteiger partial charge in [-0.3, -0.25) is 4.79 Å². The SMILES string of the molecule is CCOC(=O)C(=CNc1cccc(C(=O)O)c1Cl)C(C)=O. The summed E-state index contributed by atoms with van der Waals surface area (Å²) in [5.41, 5.74) is -0.0103. The number of benzene rings is 1. The molecule has 0 aromatic heterocycles. The molecule has 1 rings (SSSR count). The molecule has 112 valence electrons. The molecule has 0 bridgehead atoms. The van der Waals surface area contributed by atoms with Crippen LogP contribution in [-0.4, -0.2) is 29.4 Å². The molecule has 6 nitrogen and oxygen atoms in total. The fraction of sp³-hybridized carbons (Fsp3) is 0.214. The van der Waals surface area contributed by atoms with Gasteiger partial charge in [0, 0.05) is 6.20 Å². The number of nitrogens with one attached hydrogen (secondary N) is 1. The van der Waals surface area contributed by atoms with Gasteiger partial charge < -0.3 is 15.2 Å². The number of carbonyl (C=O) groups is 3. The maximum absolute atomic E-state index is 11.6. The average Bonchev–Trinajstić information content (AvgIpc) is 2.40. The van der Waals surface area contributed by atoms with Crippen molar-refractivity contribution < 1.29 is 24.2 Å². The van der Waals surface area contributed by atoms with Gasteiger partial charge in [0.2, 0.25) is 0 Å². The first kappa shape index (κ1) is 16.7. The standard InChI is InChI=1S/C14H14ClNO5/c1-3-21-14(20)10(8(2)17)7-16-11-6-4-5-9(12(11)15)13(18)19/h4-7,16H,3H2,1-2H3,(H,18,19). The lowest BCUT2D eigenvalue weighted by molar-refractivity contribution is -0.139. The van der Waals surface area contributed by atoms with Gasteiger partial charge in [0.05, 0.1) is 22.9 Å². The molecule has 21 heavy (non-hydrogen) atoms. The summed E-state index contributed by atoms with van der Waals surface area (Å²) in [4.78, 5) is 34.0. The van der Waals surface area contributed by atoms with E-state index in [1.165, 1.54) is 25.1 Å². The molecular weight excluding hydrogens is 298 g/mol. The molecule has 1 aromatic rings. The first-order chi connectivity index (χ1) is 9.88. The molecule has 0 aliphatic heterocycles. The second-order valence-electron chi connectivity index (χ2n) is 3.95. The van der Waals surface area contributed by atoms with Gasteiger partial charge in [-0.15, -0.1) is 0 Å². The molecule has 0 aliphatic carbocycles. The summed E-state index contributed by atoms with van der Waals surface area (Å²) in [6.45, 7) is 2.98. The van der Waals surface area contributed by atoms with Crippen LogP contribution < -0.4 is 5.32 Å². The van der Waals surface area contributed by atoms with Crippen molar-refractivity contribution >= 4 is 35.0 Å². The van der Waals surface area contributed by atoms with Crippen LogP contribution in [0.2, 0.25) is 5.02 Å². The fourth-order valence-electron chi connectivity index (χ4n) is 1.47. The van der Waals surface area contributed by atoms with Crippen molar-refractivity contribution in [3.8, 4) is 0 Å². The summed E-state index contributed by atoms with van der Waals surface area (Å²) in [6.07, 6.45) is 1.15. The maximum atomic E-state index is 11.6. The Bertz CT molecular complexity index is 609. The number of aromatic carboxylic acids is 1. The van der Waals surface area contributed by atoms with E-state index in [1.54, 1.807) is 6.92 Å². The number of anilines is 1. The van der Waals surface area contributed by atoms with E-state index in [9.17, 15) is 14.4 Å². The molecule has 0 heterocycles. The third-order valence-electron chi connectivity index (χ3n) is 2.48. The van der Waals surface area contributed by atoms with Crippen LogP contribution in [-0.2, 0) is 14.3 Å². The van der Waals surface area contributed by atoms with E-state index >= 15 is 0 Å². The molecule has 7 heteroatoms. The zero-order valence-electron chi connectivity index (χ0n) is 11.5. The summed E-state index contributed by atoms with van der Waals surface area (Å²) in [7, 11) is 0. The van der Waals surface area contributed by atoms with Crippen molar-refractivity contribution in [1.82, 2.24) is 0 Å². The predicted molar refractivity (Wildman–Crippen MR) is 77.4 cm³/mol. The third-order valence-corrected chi connectivity index (χ3v) is 2.88. The van der Waals surface area contributed by atoms with Crippen LogP contribution in [0.25, 0.3) is 0 Å². The average molecular weight is 312 g/mol. The highest BCUT2D eigenvalue weighted by atomic mass is 35.5. The molecule has 0 saturated carbocycles. The van der Waals surface area contributed by atoms with E-state index in [0.717, 1.165) is 6.20 Å². The molecule has 2 N–H and O–H groups in total. The number of carbonyl (C=O) groups excluding carboxylic acids is 2. The van der Waals surface area contributed by atoms with E-state index < -0.39 is 17.7 Å². The van der Waals surface area contributed by atoms with Gasteiger partial charge in [-0.2, -0.15) is 0 Å². The lowest BCUT2D eigenvalue weighted by Gasteiger charge is -2.08. The van der Waals surface area contributed by atoms with Crippen molar-refractivity contribution in [2.75, 3.05) is 11.9 Å². The first-order valence-corrected chi connectivity index (χ1v) is 6.42. The number of esters is 1. The Balaban J connectivity index is 3.07. The van der Waals surface area contributed by atoms with E-state index in [-0.39, 0.29) is 28.5 Å². The number of halogens is 1. The van der Waals surface area contributed by atoms with Crippen molar-refractivity contribution in [3.05, 3.63) is 40.6 Å². The number of hydrogen-bond donors (Lipinski definition) is 2. The van der Waals surface area contributed by atoms with Gasteiger partial charge >= 0.3 is 11.9 Å². The Labute approximate surface area is 126 Å². The highest BCUT2D eigenvalue weighted by Gasteiger charge is 2.16. The van der Waals surface area contributed by atoms with Gasteiger partial charge in [0.1, 0.15) is 5.57 Å². The summed E-state index contributed by atoms with van der Waals surface area (Å²) < 4.78 is 4.75. The quantitative estimate of drug-likeness (QED) is 0.363.